The predicted molar refractivity (Wildman–Crippen MR) is 77.5 cm³/mol. The van der Waals surface area contributed by atoms with Gasteiger partial charge in [-0.15, -0.1) is 0 Å². The van der Waals surface area contributed by atoms with Crippen LogP contribution in [0.5, 0.6) is 0 Å². The van der Waals surface area contributed by atoms with Gasteiger partial charge in [-0.3, -0.25) is 0 Å². The van der Waals surface area contributed by atoms with E-state index < -0.39 is 0 Å². The van der Waals surface area contributed by atoms with Gasteiger partial charge in [0.25, 0.3) is 0 Å². The Morgan fingerprint density at radius 2 is 1.89 bits per heavy atom. The smallest absolute Gasteiger partial charge is 0.0946 e. The number of nitrogens with one attached hydrogen (secondary N) is 1. The molecule has 18 heavy (non-hydrogen) atoms. The molecule has 0 spiro atoms. The molecule has 0 aromatic carbocycles. The first-order valence-corrected chi connectivity index (χ1v) is 7.16. The average molecular weight is 251 g/mol. The van der Waals surface area contributed by atoms with E-state index in [0.717, 1.165) is 19.0 Å². The number of hydrogen-bond donors (Lipinski definition) is 1. The lowest BCUT2D eigenvalue weighted by Crippen LogP contribution is -2.45. The van der Waals surface area contributed by atoms with Crippen LogP contribution < -0.4 is 5.32 Å². The fourth-order valence-corrected chi connectivity index (χ4v) is 2.14. The van der Waals surface area contributed by atoms with E-state index in [9.17, 15) is 0 Å². The number of nitrogens with zero attached hydrogens (tertiary/aromatic N) is 2. The first kappa shape index (κ1) is 15.2. The molecule has 3 heteroatoms. The predicted octanol–water partition coefficient (Wildman–Crippen LogP) is 3.32. The van der Waals surface area contributed by atoms with E-state index in [4.69, 9.17) is 0 Å². The van der Waals surface area contributed by atoms with Crippen LogP contribution in [0.15, 0.2) is 18.7 Å². The molecule has 1 atom stereocenters. The number of aromatic nitrogens is 2. The van der Waals surface area contributed by atoms with Crippen LogP contribution in [0.3, 0.4) is 0 Å². The second-order valence-electron chi connectivity index (χ2n) is 6.27. The van der Waals surface area contributed by atoms with Gasteiger partial charge in [-0.1, -0.05) is 47.5 Å². The Morgan fingerprint density at radius 3 is 2.33 bits per heavy atom. The fourth-order valence-electron chi connectivity index (χ4n) is 2.14. The summed E-state index contributed by atoms with van der Waals surface area (Å²) in [6.45, 7) is 13.6. The minimum atomic E-state index is 0.260. The molecule has 1 heterocycles. The van der Waals surface area contributed by atoms with Gasteiger partial charge in [0.05, 0.1) is 6.33 Å². The van der Waals surface area contributed by atoms with Crippen LogP contribution in [0.25, 0.3) is 0 Å². The second-order valence-corrected chi connectivity index (χ2v) is 6.27. The summed E-state index contributed by atoms with van der Waals surface area (Å²) < 4.78 is 2.16. The molecule has 1 unspecified atom stereocenters. The molecule has 0 aliphatic heterocycles. The molecule has 0 amide bonds. The molecule has 0 aliphatic rings. The molecule has 3 nitrogen and oxygen atoms in total. The molecule has 0 radical (unpaired) electrons. The summed E-state index contributed by atoms with van der Waals surface area (Å²) in [7, 11) is 0. The van der Waals surface area contributed by atoms with Crippen LogP contribution in [-0.4, -0.2) is 22.1 Å². The SMILES string of the molecule is CCC(CC)CNC(Cn1ccnc1)C(C)(C)C. The number of hydrogen-bond acceptors (Lipinski definition) is 2. The Balaban J connectivity index is 2.56. The van der Waals surface area contributed by atoms with Crippen molar-refractivity contribution in [2.45, 2.75) is 60.0 Å². The molecule has 104 valence electrons. The minimum absolute atomic E-state index is 0.260. The third-order valence-electron chi connectivity index (χ3n) is 3.81. The zero-order valence-electron chi connectivity index (χ0n) is 12.6. The normalized spacial score (nSPS) is 14.1. The molecule has 1 aromatic rings. The van der Waals surface area contributed by atoms with Crippen LogP contribution in [-0.2, 0) is 6.54 Å². The van der Waals surface area contributed by atoms with Gasteiger partial charge in [0.1, 0.15) is 0 Å². The first-order valence-electron chi connectivity index (χ1n) is 7.16. The van der Waals surface area contributed by atoms with Gasteiger partial charge in [0.2, 0.25) is 0 Å². The minimum Gasteiger partial charge on any atom is -0.336 e. The summed E-state index contributed by atoms with van der Waals surface area (Å²) in [5, 5.41) is 3.75. The molecule has 0 bridgehead atoms. The Hall–Kier alpha value is -0.830. The maximum atomic E-state index is 4.12. The van der Waals surface area contributed by atoms with Crippen LogP contribution >= 0.6 is 0 Å². The highest BCUT2D eigenvalue weighted by Gasteiger charge is 2.24. The van der Waals surface area contributed by atoms with E-state index in [1.54, 1.807) is 0 Å². The van der Waals surface area contributed by atoms with Gasteiger partial charge < -0.3 is 9.88 Å². The van der Waals surface area contributed by atoms with Crippen molar-refractivity contribution in [1.29, 1.82) is 0 Å². The van der Waals surface area contributed by atoms with Gasteiger partial charge in [-0.25, -0.2) is 4.98 Å². The van der Waals surface area contributed by atoms with Crippen LogP contribution in [0.1, 0.15) is 47.5 Å². The summed E-state index contributed by atoms with van der Waals surface area (Å²) in [6, 6.07) is 0.479. The van der Waals surface area contributed by atoms with Crippen molar-refractivity contribution >= 4 is 0 Å². The van der Waals surface area contributed by atoms with Gasteiger partial charge in [-0.2, -0.15) is 0 Å². The lowest BCUT2D eigenvalue weighted by atomic mass is 9.86. The quantitative estimate of drug-likeness (QED) is 0.805. The highest BCUT2D eigenvalue weighted by atomic mass is 15.1. The molecule has 1 aromatic heterocycles. The molecule has 1 N–H and O–H groups in total. The standard InChI is InChI=1S/C15H29N3/c1-6-13(7-2)10-17-14(15(3,4)5)11-18-9-8-16-12-18/h8-9,12-14,17H,6-7,10-11H2,1-5H3. The molecule has 0 saturated heterocycles. The van der Waals surface area contributed by atoms with Crippen molar-refractivity contribution in [2.24, 2.45) is 11.3 Å². The maximum Gasteiger partial charge on any atom is 0.0946 e. The molecular formula is C15H29N3. The average Bonchev–Trinajstić information content (AvgIpc) is 2.80. The van der Waals surface area contributed by atoms with Crippen molar-refractivity contribution < 1.29 is 0 Å². The largest absolute Gasteiger partial charge is 0.336 e. The van der Waals surface area contributed by atoms with Crippen molar-refractivity contribution in [3.05, 3.63) is 18.7 Å². The zero-order chi connectivity index (χ0) is 13.6. The Kier molecular flexibility index (Phi) is 5.86. The van der Waals surface area contributed by atoms with E-state index in [1.165, 1.54) is 12.8 Å². The van der Waals surface area contributed by atoms with E-state index in [2.05, 4.69) is 49.5 Å². The number of rotatable bonds is 7. The first-order chi connectivity index (χ1) is 8.47. The molecule has 1 rings (SSSR count). The highest BCUT2D eigenvalue weighted by molar-refractivity contribution is 4.85. The lowest BCUT2D eigenvalue weighted by molar-refractivity contribution is 0.229. The summed E-state index contributed by atoms with van der Waals surface area (Å²) in [6.07, 6.45) is 8.30. The maximum absolute atomic E-state index is 4.12. The van der Waals surface area contributed by atoms with Crippen molar-refractivity contribution in [1.82, 2.24) is 14.9 Å². The summed E-state index contributed by atoms with van der Waals surface area (Å²) in [5.41, 5.74) is 0.260. The summed E-state index contributed by atoms with van der Waals surface area (Å²) in [5.74, 6) is 0.789. The topological polar surface area (TPSA) is 29.9 Å². The molecule has 0 saturated carbocycles. The van der Waals surface area contributed by atoms with Crippen LogP contribution in [0.2, 0.25) is 0 Å². The molecule has 0 aliphatic carbocycles. The Morgan fingerprint density at radius 1 is 1.22 bits per heavy atom. The Labute approximate surface area is 112 Å². The van der Waals surface area contributed by atoms with E-state index in [-0.39, 0.29) is 5.41 Å². The third kappa shape index (κ3) is 4.81. The molecular weight excluding hydrogens is 222 g/mol. The van der Waals surface area contributed by atoms with Crippen LogP contribution in [0.4, 0.5) is 0 Å². The van der Waals surface area contributed by atoms with Gasteiger partial charge in [0, 0.05) is 25.0 Å². The third-order valence-corrected chi connectivity index (χ3v) is 3.81. The summed E-state index contributed by atoms with van der Waals surface area (Å²) in [4.78, 5) is 4.12. The highest BCUT2D eigenvalue weighted by Crippen LogP contribution is 2.21. The number of imidazole rings is 1. The monoisotopic (exact) mass is 251 g/mol. The zero-order valence-corrected chi connectivity index (χ0v) is 12.6. The lowest BCUT2D eigenvalue weighted by Gasteiger charge is -2.33. The fraction of sp³-hybridized carbons (Fsp3) is 0.800. The van der Waals surface area contributed by atoms with Crippen molar-refractivity contribution in [3.8, 4) is 0 Å². The van der Waals surface area contributed by atoms with E-state index in [1.807, 2.05) is 18.7 Å². The van der Waals surface area contributed by atoms with Gasteiger partial charge in [0.15, 0.2) is 0 Å². The van der Waals surface area contributed by atoms with Gasteiger partial charge in [-0.05, 0) is 17.9 Å². The van der Waals surface area contributed by atoms with Crippen molar-refractivity contribution in [2.75, 3.05) is 6.54 Å². The molecule has 0 fully saturated rings. The van der Waals surface area contributed by atoms with E-state index in [0.29, 0.717) is 6.04 Å². The summed E-state index contributed by atoms with van der Waals surface area (Å²) >= 11 is 0. The van der Waals surface area contributed by atoms with Crippen molar-refractivity contribution in [3.63, 3.8) is 0 Å². The van der Waals surface area contributed by atoms with E-state index >= 15 is 0 Å². The second kappa shape index (κ2) is 6.93. The Bertz CT molecular complexity index is 307. The van der Waals surface area contributed by atoms with Gasteiger partial charge >= 0.3 is 0 Å². The van der Waals surface area contributed by atoms with Crippen LogP contribution in [0, 0.1) is 11.3 Å².